The van der Waals surface area contributed by atoms with Crippen molar-refractivity contribution in [1.29, 1.82) is 0 Å². The lowest BCUT2D eigenvalue weighted by Gasteiger charge is -2.59. The summed E-state index contributed by atoms with van der Waals surface area (Å²) in [7, 11) is 0. The van der Waals surface area contributed by atoms with Crippen LogP contribution < -0.4 is 0 Å². The number of carbonyl (C=O) groups is 3. The number of aliphatic hydroxyl groups is 2. The van der Waals surface area contributed by atoms with E-state index in [9.17, 15) is 24.6 Å². The molecule has 0 radical (unpaired) electrons. The van der Waals surface area contributed by atoms with Gasteiger partial charge in [0.1, 0.15) is 5.60 Å². The molecule has 47 heavy (non-hydrogen) atoms. The van der Waals surface area contributed by atoms with Crippen molar-refractivity contribution >= 4 is 17.5 Å². The summed E-state index contributed by atoms with van der Waals surface area (Å²) < 4.78 is 5.39. The Labute approximate surface area is 282 Å². The molecule has 258 valence electrons. The summed E-state index contributed by atoms with van der Waals surface area (Å²) in [5.41, 5.74) is 3.18. The van der Waals surface area contributed by atoms with Gasteiger partial charge in [0.25, 0.3) is 0 Å². The number of fused-ring (bicyclic) bond motifs is 5. The highest BCUT2D eigenvalue weighted by Crippen LogP contribution is 2.67. The normalized spacial score (nSPS) is 33.9. The van der Waals surface area contributed by atoms with Crippen molar-refractivity contribution < 1.29 is 29.3 Å². The molecule has 0 aromatic carbocycles. The second-order valence-electron chi connectivity index (χ2n) is 15.6. The first-order chi connectivity index (χ1) is 22.1. The van der Waals surface area contributed by atoms with Crippen LogP contribution >= 0.6 is 0 Å². The third-order valence-corrected chi connectivity index (χ3v) is 12.0. The molecule has 0 heterocycles. The number of ether oxygens (including phenoxy) is 1. The minimum Gasteiger partial charge on any atom is -0.454 e. The summed E-state index contributed by atoms with van der Waals surface area (Å²) in [6.07, 6.45) is 21.5. The van der Waals surface area contributed by atoms with Crippen LogP contribution in [-0.2, 0) is 19.1 Å². The average Bonchev–Trinajstić information content (AvgIpc) is 3.26. The number of hydrogen-bond acceptors (Lipinski definition) is 6. The summed E-state index contributed by atoms with van der Waals surface area (Å²) >= 11 is 0. The fourth-order valence-corrected chi connectivity index (χ4v) is 9.24. The van der Waals surface area contributed by atoms with Crippen LogP contribution in [0.1, 0.15) is 119 Å². The third kappa shape index (κ3) is 8.08. The van der Waals surface area contributed by atoms with E-state index < -0.39 is 40.9 Å². The standard InChI is InChI=1S/C41H58O6/c1-27(2)11-8-12-28(3)13-9-14-29(4)15-10-16-30(5)23-37(45)47-26-36(44)41(46)22-20-34-33-18-17-31-24-32(42)19-21-39(31,6)38(33)35(43)25-40(34,41)7/h11,13,15,19,21,23-24,33-35,38,43,46H,8-10,12,14,16-18,20,22,25-26H2,1-7H3/b28-13+,29-15+,30-23+/t33?,34?,35-,38?,39-,40-,41-/m0/s1. The zero-order valence-corrected chi connectivity index (χ0v) is 29.9. The minimum atomic E-state index is -1.67. The molecule has 2 N–H and O–H groups in total. The highest BCUT2D eigenvalue weighted by atomic mass is 16.5. The third-order valence-electron chi connectivity index (χ3n) is 12.0. The largest absolute Gasteiger partial charge is 0.454 e. The summed E-state index contributed by atoms with van der Waals surface area (Å²) in [6, 6.07) is 0. The maximum Gasteiger partial charge on any atom is 0.331 e. The van der Waals surface area contributed by atoms with Gasteiger partial charge in [0.05, 0.1) is 6.10 Å². The maximum atomic E-state index is 13.6. The summed E-state index contributed by atoms with van der Waals surface area (Å²) in [4.78, 5) is 38.3. The van der Waals surface area contributed by atoms with E-state index in [2.05, 4.69) is 52.8 Å². The lowest BCUT2D eigenvalue weighted by atomic mass is 9.46. The van der Waals surface area contributed by atoms with Crippen molar-refractivity contribution in [2.45, 2.75) is 131 Å². The average molecular weight is 647 g/mol. The van der Waals surface area contributed by atoms with Gasteiger partial charge in [-0.25, -0.2) is 4.79 Å². The molecule has 4 aliphatic carbocycles. The molecule has 3 saturated carbocycles. The summed E-state index contributed by atoms with van der Waals surface area (Å²) in [5.74, 6) is -0.969. The van der Waals surface area contributed by atoms with Crippen molar-refractivity contribution in [1.82, 2.24) is 0 Å². The zero-order valence-electron chi connectivity index (χ0n) is 29.9. The van der Waals surface area contributed by atoms with Crippen LogP contribution in [0, 0.1) is 28.6 Å². The molecule has 3 fully saturated rings. The molecule has 0 saturated heterocycles. The van der Waals surface area contributed by atoms with Crippen LogP contribution in [0.25, 0.3) is 0 Å². The molecule has 0 aromatic rings. The fraction of sp³-hybridized carbons (Fsp3) is 0.634. The predicted molar refractivity (Wildman–Crippen MR) is 187 cm³/mol. The Morgan fingerprint density at radius 3 is 2.19 bits per heavy atom. The maximum absolute atomic E-state index is 13.6. The fourth-order valence-electron chi connectivity index (χ4n) is 9.24. The van der Waals surface area contributed by atoms with E-state index in [4.69, 9.17) is 4.74 Å². The topological polar surface area (TPSA) is 101 Å². The number of Topliss-reactive ketones (excluding diaryl/α,β-unsaturated/α-hetero) is 1. The minimum absolute atomic E-state index is 0.00563. The first kappa shape index (κ1) is 37.0. The van der Waals surface area contributed by atoms with Gasteiger partial charge in [-0.15, -0.1) is 0 Å². The van der Waals surface area contributed by atoms with Gasteiger partial charge < -0.3 is 14.9 Å². The Morgan fingerprint density at radius 1 is 0.936 bits per heavy atom. The molecule has 0 aromatic heterocycles. The van der Waals surface area contributed by atoms with Crippen LogP contribution in [0.2, 0.25) is 0 Å². The van der Waals surface area contributed by atoms with Gasteiger partial charge in [0, 0.05) is 22.8 Å². The van der Waals surface area contributed by atoms with Gasteiger partial charge in [-0.2, -0.15) is 0 Å². The Kier molecular flexibility index (Phi) is 11.9. The van der Waals surface area contributed by atoms with Crippen LogP contribution in [0.15, 0.2) is 70.4 Å². The Bertz CT molecular complexity index is 1400. The first-order valence-electron chi connectivity index (χ1n) is 17.8. The van der Waals surface area contributed by atoms with E-state index >= 15 is 0 Å². The first-order valence-corrected chi connectivity index (χ1v) is 17.8. The Morgan fingerprint density at radius 2 is 1.55 bits per heavy atom. The molecule has 4 rings (SSSR count). The van der Waals surface area contributed by atoms with Crippen LogP contribution in [0.4, 0.5) is 0 Å². The van der Waals surface area contributed by atoms with E-state index in [-0.39, 0.29) is 30.0 Å². The van der Waals surface area contributed by atoms with Crippen molar-refractivity contribution in [3.8, 4) is 0 Å². The molecule has 0 amide bonds. The van der Waals surface area contributed by atoms with Gasteiger partial charge in [-0.3, -0.25) is 9.59 Å². The number of rotatable bonds is 13. The zero-order chi connectivity index (χ0) is 34.6. The summed E-state index contributed by atoms with van der Waals surface area (Å²) in [6.45, 7) is 14.1. The van der Waals surface area contributed by atoms with Crippen molar-refractivity contribution in [3.63, 3.8) is 0 Å². The van der Waals surface area contributed by atoms with E-state index in [0.717, 1.165) is 62.5 Å². The highest BCUT2D eigenvalue weighted by molar-refractivity contribution is 6.01. The number of carbonyl (C=O) groups excluding carboxylic acids is 3. The molecule has 0 aliphatic heterocycles. The van der Waals surface area contributed by atoms with Crippen LogP contribution in [0.5, 0.6) is 0 Å². The Hall–Kier alpha value is -2.83. The SMILES string of the molecule is CC(C)=CCC/C(C)=C/CC/C(C)=C/CC/C(C)=C/C(=O)OCC(=O)[C@@]1(O)CCC2C3CCC4=CC(=O)C=C[C@]4(C)C3[C@@H](O)C[C@@]21C. The Balaban J connectivity index is 1.27. The lowest BCUT2D eigenvalue weighted by molar-refractivity contribution is -0.180. The molecule has 0 spiro atoms. The smallest absolute Gasteiger partial charge is 0.331 e. The molecule has 0 bridgehead atoms. The van der Waals surface area contributed by atoms with Crippen molar-refractivity contribution in [3.05, 3.63) is 70.4 Å². The molecular weight excluding hydrogens is 588 g/mol. The van der Waals surface area contributed by atoms with E-state index in [1.807, 2.05) is 19.9 Å². The van der Waals surface area contributed by atoms with Crippen LogP contribution in [-0.4, -0.2) is 46.1 Å². The van der Waals surface area contributed by atoms with Gasteiger partial charge >= 0.3 is 5.97 Å². The number of aliphatic hydroxyl groups excluding tert-OH is 1. The van der Waals surface area contributed by atoms with Crippen molar-refractivity contribution in [2.75, 3.05) is 6.61 Å². The molecule has 7 atom stereocenters. The van der Waals surface area contributed by atoms with Gasteiger partial charge in [-0.05, 0) is 129 Å². The quantitative estimate of drug-likeness (QED) is 0.119. The number of hydrogen-bond donors (Lipinski definition) is 2. The molecule has 6 heteroatoms. The lowest BCUT2D eigenvalue weighted by Crippen LogP contribution is -2.61. The molecule has 4 aliphatic rings. The summed E-state index contributed by atoms with van der Waals surface area (Å²) in [5, 5.41) is 23.5. The molecule has 3 unspecified atom stereocenters. The van der Waals surface area contributed by atoms with Crippen LogP contribution in [0.3, 0.4) is 0 Å². The second-order valence-corrected chi connectivity index (χ2v) is 15.6. The van der Waals surface area contributed by atoms with E-state index in [0.29, 0.717) is 12.8 Å². The number of esters is 1. The second kappa shape index (κ2) is 15.2. The van der Waals surface area contributed by atoms with E-state index in [1.54, 1.807) is 12.2 Å². The highest BCUT2D eigenvalue weighted by Gasteiger charge is 2.68. The van der Waals surface area contributed by atoms with E-state index in [1.165, 1.54) is 22.8 Å². The van der Waals surface area contributed by atoms with Gasteiger partial charge in [0.2, 0.25) is 5.78 Å². The molecular formula is C41H58O6. The van der Waals surface area contributed by atoms with Crippen molar-refractivity contribution in [2.24, 2.45) is 28.6 Å². The number of ketones is 2. The monoisotopic (exact) mass is 646 g/mol. The van der Waals surface area contributed by atoms with Gasteiger partial charge in [0.15, 0.2) is 12.4 Å². The predicted octanol–water partition coefficient (Wildman–Crippen LogP) is 8.25. The molecule has 6 nitrogen and oxygen atoms in total. The van der Waals surface area contributed by atoms with Gasteiger partial charge in [-0.1, -0.05) is 66.0 Å². The number of allylic oxidation sites excluding steroid dienone is 11.